The molecule has 0 aliphatic rings. The third-order valence-electron chi connectivity index (χ3n) is 12.3. The number of amides is 2. The topological polar surface area (TPSA) is 131 Å². The second kappa shape index (κ2) is 65.8. The summed E-state index contributed by atoms with van der Waals surface area (Å²) in [7, 11) is 1.58. The zero-order valence-electron chi connectivity index (χ0n) is 50.0. The second-order valence-electron chi connectivity index (χ2n) is 19.7. The summed E-state index contributed by atoms with van der Waals surface area (Å²) in [6.45, 7) is 25.8. The number of nitrogens with zero attached hydrogens (tertiary/aromatic N) is 1. The molecule has 0 fully saturated rings. The molecule has 0 spiro atoms. The Morgan fingerprint density at radius 2 is 0.789 bits per heavy atom. The quantitative estimate of drug-likeness (QED) is 0.0455. The summed E-state index contributed by atoms with van der Waals surface area (Å²) in [5.74, 6) is -0.227. The molecule has 0 heterocycles. The molecule has 10 nitrogen and oxygen atoms in total. The lowest BCUT2D eigenvalue weighted by molar-refractivity contribution is -0.147. The van der Waals surface area contributed by atoms with Crippen LogP contribution < -0.4 is 5.32 Å². The van der Waals surface area contributed by atoms with Gasteiger partial charge in [-0.2, -0.15) is 0 Å². The predicted octanol–water partition coefficient (Wildman–Crippen LogP) is 17.2. The first-order valence-corrected chi connectivity index (χ1v) is 30.4. The van der Waals surface area contributed by atoms with E-state index in [2.05, 4.69) is 33.0 Å². The van der Waals surface area contributed by atoms with Crippen LogP contribution in [-0.2, 0) is 33.4 Å². The van der Waals surface area contributed by atoms with Gasteiger partial charge >= 0.3 is 11.9 Å². The van der Waals surface area contributed by atoms with Crippen molar-refractivity contribution in [3.8, 4) is 0 Å². The summed E-state index contributed by atoms with van der Waals surface area (Å²) in [6, 6.07) is 0. The largest absolute Gasteiger partial charge is 0.464 e. The molecule has 2 amide bonds. The van der Waals surface area contributed by atoms with Crippen LogP contribution in [0.15, 0.2) is 0 Å². The number of methoxy groups -OCH3 is 1. The van der Waals surface area contributed by atoms with E-state index in [0.29, 0.717) is 25.3 Å². The summed E-state index contributed by atoms with van der Waals surface area (Å²) in [4.78, 5) is 52.0. The van der Waals surface area contributed by atoms with Gasteiger partial charge in [0, 0.05) is 39.3 Å². The minimum atomic E-state index is -0.361. The van der Waals surface area contributed by atoms with Gasteiger partial charge in [-0.1, -0.05) is 249 Å². The van der Waals surface area contributed by atoms with Crippen LogP contribution >= 0.6 is 0 Å². The van der Waals surface area contributed by atoms with Gasteiger partial charge in [0.05, 0.1) is 25.3 Å². The van der Waals surface area contributed by atoms with Crippen molar-refractivity contribution in [1.82, 2.24) is 10.2 Å². The number of carbonyl (C=O) groups is 4. The maximum atomic E-state index is 13.1. The number of carbonyl (C=O) groups excluding carboxylic acids is 4. The normalized spacial score (nSPS) is 10.6. The summed E-state index contributed by atoms with van der Waals surface area (Å²) < 4.78 is 15.8. The number of aliphatic hydroxyl groups is 1. The van der Waals surface area contributed by atoms with Crippen LogP contribution in [0.25, 0.3) is 0 Å². The first-order chi connectivity index (χ1) is 34.4. The summed E-state index contributed by atoms with van der Waals surface area (Å²) in [5, 5.41) is 11.4. The van der Waals surface area contributed by atoms with Crippen LogP contribution in [0.3, 0.4) is 0 Å². The molecule has 0 aromatic heterocycles. The number of ether oxygens (including phenoxy) is 3. The average Bonchev–Trinajstić information content (AvgIpc) is 3.38. The molecule has 0 saturated heterocycles. The molecule has 71 heavy (non-hydrogen) atoms. The van der Waals surface area contributed by atoms with Crippen molar-refractivity contribution in [2.75, 3.05) is 46.6 Å². The Morgan fingerprint density at radius 3 is 1.06 bits per heavy atom. The fraction of sp³-hybridized carbons (Fsp3) is 0.934. The van der Waals surface area contributed by atoms with Crippen LogP contribution in [-0.4, -0.2) is 85.9 Å². The fourth-order valence-electron chi connectivity index (χ4n) is 7.60. The van der Waals surface area contributed by atoms with Crippen LogP contribution in [0, 0.1) is 5.92 Å². The van der Waals surface area contributed by atoms with E-state index in [9.17, 15) is 19.2 Å². The van der Waals surface area contributed by atoms with Crippen molar-refractivity contribution in [2.24, 2.45) is 5.92 Å². The number of unbranched alkanes of at least 4 members (excludes halogenated alkanes) is 28. The molecule has 0 unspecified atom stereocenters. The van der Waals surface area contributed by atoms with E-state index in [4.69, 9.17) is 19.3 Å². The number of esters is 2. The minimum absolute atomic E-state index is 0.0656. The van der Waals surface area contributed by atoms with Gasteiger partial charge in [0.2, 0.25) is 11.8 Å². The van der Waals surface area contributed by atoms with E-state index in [0.717, 1.165) is 51.4 Å². The molecular formula is C61H126N2O8. The Kier molecular flexibility index (Phi) is 72.0. The molecule has 2 N–H and O–H groups in total. The smallest absolute Gasteiger partial charge is 0.305 e. The zero-order chi connectivity index (χ0) is 54.5. The number of hydrogen-bond donors (Lipinski definition) is 2. The summed E-state index contributed by atoms with van der Waals surface area (Å²) >= 11 is 0. The lowest BCUT2D eigenvalue weighted by Gasteiger charge is -2.22. The number of rotatable bonds is 47. The molecule has 0 aromatic carbocycles. The number of aliphatic hydroxyl groups excluding tert-OH is 1. The highest BCUT2D eigenvalue weighted by Gasteiger charge is 2.17. The Morgan fingerprint density at radius 1 is 0.479 bits per heavy atom. The SMILES string of the molecule is CC.CC.CC.CCCCCCCCCCCCCCCCCC(=O)OCCN(CCOC(=O)CCCCCCCCCCCCCCCCC)C(=O)CCC(=O)NCCCC(C)C.COC(C)(C)CO. The van der Waals surface area contributed by atoms with Gasteiger partial charge in [-0.3, -0.25) is 19.2 Å². The molecule has 0 aliphatic carbocycles. The van der Waals surface area contributed by atoms with Crippen molar-refractivity contribution < 1.29 is 38.5 Å². The van der Waals surface area contributed by atoms with Gasteiger partial charge in [-0.15, -0.1) is 0 Å². The van der Waals surface area contributed by atoms with Crippen molar-refractivity contribution in [2.45, 2.75) is 320 Å². The van der Waals surface area contributed by atoms with Crippen LogP contribution in [0.5, 0.6) is 0 Å². The number of hydrogen-bond acceptors (Lipinski definition) is 8. The Hall–Kier alpha value is -2.20. The van der Waals surface area contributed by atoms with Crippen molar-refractivity contribution >= 4 is 23.8 Å². The Labute approximate surface area is 443 Å². The summed E-state index contributed by atoms with van der Waals surface area (Å²) in [5.41, 5.74) is -0.361. The standard InChI is InChI=1S/C50H96N2O6.C5H12O2.3C2H6/c1-5-7-9-11-13-15-17-19-21-23-25-27-29-31-33-37-49(55)57-44-42-52(48(54)40-39-47(53)51-41-35-36-46(3)4)43-45-58-50(56)38-34-32-30-28-26-24-22-20-18-16-14-12-10-8-6-2;1-5(2,4-6)7-3;3*1-2/h46H,5-45H2,1-4H3,(H,51,53);6H,4H2,1-3H3;3*1-2H3. The maximum Gasteiger partial charge on any atom is 0.305 e. The first kappa shape index (κ1) is 77.7. The van der Waals surface area contributed by atoms with Crippen molar-refractivity contribution in [1.29, 1.82) is 0 Å². The van der Waals surface area contributed by atoms with E-state index in [-0.39, 0.29) is 75.1 Å². The van der Waals surface area contributed by atoms with E-state index in [1.807, 2.05) is 55.4 Å². The molecule has 428 valence electrons. The highest BCUT2D eigenvalue weighted by atomic mass is 16.5. The Balaban J connectivity index is -0.000000995. The van der Waals surface area contributed by atoms with Gasteiger partial charge < -0.3 is 29.5 Å². The summed E-state index contributed by atoms with van der Waals surface area (Å²) in [6.07, 6.45) is 41.3. The lowest BCUT2D eigenvalue weighted by atomic mass is 10.0. The zero-order valence-corrected chi connectivity index (χ0v) is 50.0. The second-order valence-corrected chi connectivity index (χ2v) is 19.7. The van der Waals surface area contributed by atoms with Gasteiger partial charge in [0.25, 0.3) is 0 Å². The first-order valence-electron chi connectivity index (χ1n) is 30.4. The molecule has 0 aliphatic heterocycles. The maximum absolute atomic E-state index is 13.1. The molecule has 0 aromatic rings. The molecule has 0 saturated carbocycles. The van der Waals surface area contributed by atoms with Crippen LogP contribution in [0.4, 0.5) is 0 Å². The highest BCUT2D eigenvalue weighted by molar-refractivity contribution is 5.83. The highest BCUT2D eigenvalue weighted by Crippen LogP contribution is 2.16. The molecule has 0 rings (SSSR count). The lowest BCUT2D eigenvalue weighted by Crippen LogP contribution is -2.38. The third-order valence-corrected chi connectivity index (χ3v) is 12.3. The molecular weight excluding hydrogens is 889 g/mol. The minimum Gasteiger partial charge on any atom is -0.464 e. The molecule has 0 radical (unpaired) electrons. The van der Waals surface area contributed by atoms with E-state index < -0.39 is 0 Å². The van der Waals surface area contributed by atoms with Crippen molar-refractivity contribution in [3.05, 3.63) is 0 Å². The van der Waals surface area contributed by atoms with Crippen LogP contribution in [0.2, 0.25) is 0 Å². The van der Waals surface area contributed by atoms with Gasteiger partial charge in [0.15, 0.2) is 0 Å². The predicted molar refractivity (Wildman–Crippen MR) is 306 cm³/mol. The molecule has 0 atom stereocenters. The van der Waals surface area contributed by atoms with Gasteiger partial charge in [-0.25, -0.2) is 0 Å². The Bertz CT molecular complexity index is 1010. The number of nitrogens with one attached hydrogen (secondary N) is 1. The van der Waals surface area contributed by atoms with E-state index in [1.54, 1.807) is 12.0 Å². The van der Waals surface area contributed by atoms with E-state index >= 15 is 0 Å². The monoisotopic (exact) mass is 1010 g/mol. The fourth-order valence-corrected chi connectivity index (χ4v) is 7.60. The average molecular weight is 1020 g/mol. The van der Waals surface area contributed by atoms with Gasteiger partial charge in [0.1, 0.15) is 13.2 Å². The third kappa shape index (κ3) is 67.8. The van der Waals surface area contributed by atoms with Crippen molar-refractivity contribution in [3.63, 3.8) is 0 Å². The molecule has 10 heteroatoms. The van der Waals surface area contributed by atoms with E-state index in [1.165, 1.54) is 154 Å². The molecule has 0 bridgehead atoms. The van der Waals surface area contributed by atoms with Gasteiger partial charge in [-0.05, 0) is 45.4 Å². The van der Waals surface area contributed by atoms with Crippen LogP contribution in [0.1, 0.15) is 314 Å².